The molecule has 0 unspecified atom stereocenters. The van der Waals surface area contributed by atoms with E-state index in [2.05, 4.69) is 4.98 Å². The Bertz CT molecular complexity index is 802. The van der Waals surface area contributed by atoms with E-state index < -0.39 is 0 Å². The first kappa shape index (κ1) is 17.1. The number of hydrogen-bond acceptors (Lipinski definition) is 6. The predicted octanol–water partition coefficient (Wildman–Crippen LogP) is 2.72. The first-order valence-corrected chi connectivity index (χ1v) is 8.09. The van der Waals surface area contributed by atoms with Crippen molar-refractivity contribution in [3.05, 3.63) is 53.3 Å². The lowest BCUT2D eigenvalue weighted by Gasteiger charge is -2.12. The largest absolute Gasteiger partial charge is 0.454 e. The number of nitrogens with zero attached hydrogens (tertiary/aromatic N) is 2. The second kappa shape index (κ2) is 7.44. The van der Waals surface area contributed by atoms with E-state index in [9.17, 15) is 9.59 Å². The predicted molar refractivity (Wildman–Crippen MR) is 92.1 cm³/mol. The second-order valence-electron chi connectivity index (χ2n) is 6.16. The summed E-state index contributed by atoms with van der Waals surface area (Å²) in [4.78, 5) is 31.0. The summed E-state index contributed by atoms with van der Waals surface area (Å²) < 4.78 is 10.5. The molecular weight excluding hydrogens is 320 g/mol. The molecular formula is C19H20N2O4. The Labute approximate surface area is 146 Å². The van der Waals surface area contributed by atoms with Gasteiger partial charge in [0.1, 0.15) is 5.69 Å². The van der Waals surface area contributed by atoms with Crippen molar-refractivity contribution in [1.29, 1.82) is 0 Å². The highest BCUT2D eigenvalue weighted by Gasteiger charge is 2.18. The van der Waals surface area contributed by atoms with Crippen LogP contribution in [0.25, 0.3) is 0 Å². The van der Waals surface area contributed by atoms with E-state index in [1.165, 1.54) is 0 Å². The van der Waals surface area contributed by atoms with E-state index in [1.807, 2.05) is 31.1 Å². The van der Waals surface area contributed by atoms with Crippen LogP contribution in [0.1, 0.15) is 39.3 Å². The van der Waals surface area contributed by atoms with Crippen molar-refractivity contribution in [2.75, 3.05) is 20.9 Å². The Morgan fingerprint density at radius 3 is 2.64 bits per heavy atom. The number of ether oxygens (including phenoxy) is 2. The highest BCUT2D eigenvalue weighted by atomic mass is 16.7. The zero-order valence-electron chi connectivity index (χ0n) is 14.3. The van der Waals surface area contributed by atoms with E-state index in [-0.39, 0.29) is 31.2 Å². The topological polar surface area (TPSA) is 68.7 Å². The molecule has 130 valence electrons. The van der Waals surface area contributed by atoms with Crippen LogP contribution < -0.4 is 9.47 Å². The van der Waals surface area contributed by atoms with Crippen LogP contribution in [0.3, 0.4) is 0 Å². The average molecular weight is 340 g/mol. The Kier molecular flexibility index (Phi) is 5.09. The number of carbonyl (C=O) groups is 2. The summed E-state index contributed by atoms with van der Waals surface area (Å²) in [6.45, 7) is 0.796. The summed E-state index contributed by atoms with van der Waals surface area (Å²) in [7, 11) is 3.87. The zero-order valence-corrected chi connectivity index (χ0v) is 14.3. The van der Waals surface area contributed by atoms with E-state index >= 15 is 0 Å². The Hall–Kier alpha value is -2.73. The summed E-state index contributed by atoms with van der Waals surface area (Å²) in [5.41, 5.74) is 1.83. The Morgan fingerprint density at radius 2 is 1.84 bits per heavy atom. The van der Waals surface area contributed by atoms with Gasteiger partial charge < -0.3 is 14.4 Å². The van der Waals surface area contributed by atoms with E-state index in [0.717, 1.165) is 5.56 Å². The number of carbonyl (C=O) groups excluding carboxylic acids is 2. The van der Waals surface area contributed by atoms with Crippen molar-refractivity contribution < 1.29 is 19.1 Å². The van der Waals surface area contributed by atoms with Gasteiger partial charge in [0.15, 0.2) is 23.1 Å². The monoisotopic (exact) mass is 340 g/mol. The van der Waals surface area contributed by atoms with Crippen molar-refractivity contribution in [3.8, 4) is 11.5 Å². The molecule has 25 heavy (non-hydrogen) atoms. The van der Waals surface area contributed by atoms with Crippen molar-refractivity contribution >= 4 is 11.6 Å². The summed E-state index contributed by atoms with van der Waals surface area (Å²) in [6.07, 6.45) is 1.87. The van der Waals surface area contributed by atoms with Gasteiger partial charge in [-0.05, 0) is 43.9 Å². The summed E-state index contributed by atoms with van der Waals surface area (Å²) >= 11 is 0. The Balaban J connectivity index is 1.65. The maximum atomic E-state index is 12.5. The molecule has 0 saturated carbocycles. The van der Waals surface area contributed by atoms with Gasteiger partial charge in [0.25, 0.3) is 0 Å². The number of ketones is 2. The van der Waals surface area contributed by atoms with Gasteiger partial charge in [-0.2, -0.15) is 0 Å². The van der Waals surface area contributed by atoms with Gasteiger partial charge in [0, 0.05) is 31.1 Å². The van der Waals surface area contributed by atoms with Crippen LogP contribution in [0.4, 0.5) is 0 Å². The molecule has 1 aliphatic heterocycles. The van der Waals surface area contributed by atoms with Crippen LogP contribution in [0.5, 0.6) is 11.5 Å². The number of pyridine rings is 1. The molecule has 0 N–H and O–H groups in total. The van der Waals surface area contributed by atoms with Crippen molar-refractivity contribution in [2.24, 2.45) is 0 Å². The van der Waals surface area contributed by atoms with Gasteiger partial charge >= 0.3 is 0 Å². The highest BCUT2D eigenvalue weighted by molar-refractivity contribution is 6.02. The smallest absolute Gasteiger partial charge is 0.231 e. The van der Waals surface area contributed by atoms with Gasteiger partial charge in [-0.1, -0.05) is 6.07 Å². The molecule has 0 spiro atoms. The first-order valence-electron chi connectivity index (χ1n) is 8.09. The average Bonchev–Trinajstić information content (AvgIpc) is 3.07. The SMILES string of the molecule is CN(C)Cc1cccnc1C(=O)CCC(=O)c1ccc2c(c1)OCO2. The molecule has 2 aromatic rings. The quantitative estimate of drug-likeness (QED) is 0.722. The van der Waals surface area contributed by atoms with Gasteiger partial charge in [0.05, 0.1) is 0 Å². The third-order valence-electron chi connectivity index (χ3n) is 3.92. The number of Topliss-reactive ketones (excluding diaryl/α,β-unsaturated/α-hetero) is 2. The van der Waals surface area contributed by atoms with E-state index in [0.29, 0.717) is 29.3 Å². The fraction of sp³-hybridized carbons (Fsp3) is 0.316. The lowest BCUT2D eigenvalue weighted by atomic mass is 10.0. The Morgan fingerprint density at radius 1 is 1.08 bits per heavy atom. The van der Waals surface area contributed by atoms with E-state index in [1.54, 1.807) is 24.4 Å². The zero-order chi connectivity index (χ0) is 17.8. The molecule has 0 radical (unpaired) electrons. The summed E-state index contributed by atoms with van der Waals surface area (Å²) in [5, 5.41) is 0. The van der Waals surface area contributed by atoms with Gasteiger partial charge in [0.2, 0.25) is 6.79 Å². The fourth-order valence-corrected chi connectivity index (χ4v) is 2.72. The van der Waals surface area contributed by atoms with Crippen LogP contribution in [-0.2, 0) is 6.54 Å². The molecule has 6 heteroatoms. The van der Waals surface area contributed by atoms with Crippen molar-refractivity contribution in [1.82, 2.24) is 9.88 Å². The van der Waals surface area contributed by atoms with Gasteiger partial charge in [-0.25, -0.2) is 0 Å². The van der Waals surface area contributed by atoms with Crippen LogP contribution >= 0.6 is 0 Å². The third-order valence-corrected chi connectivity index (χ3v) is 3.92. The lowest BCUT2D eigenvalue weighted by Crippen LogP contribution is -2.16. The standard InChI is InChI=1S/C19H20N2O4/c1-21(2)11-14-4-3-9-20-19(14)16(23)7-6-15(22)13-5-8-17-18(10-13)25-12-24-17/h3-5,8-10H,6-7,11-12H2,1-2H3. The minimum atomic E-state index is -0.119. The lowest BCUT2D eigenvalue weighted by molar-refractivity contribution is 0.0914. The number of aromatic nitrogens is 1. The molecule has 1 aromatic heterocycles. The number of rotatable bonds is 7. The minimum absolute atomic E-state index is 0.100. The molecule has 0 fully saturated rings. The van der Waals surface area contributed by atoms with E-state index in [4.69, 9.17) is 9.47 Å². The molecule has 3 rings (SSSR count). The van der Waals surface area contributed by atoms with Crippen LogP contribution in [0.2, 0.25) is 0 Å². The second-order valence-corrected chi connectivity index (χ2v) is 6.16. The summed E-state index contributed by atoms with van der Waals surface area (Å²) in [6, 6.07) is 8.77. The van der Waals surface area contributed by atoms with Gasteiger partial charge in [-0.15, -0.1) is 0 Å². The molecule has 0 bridgehead atoms. The first-order chi connectivity index (χ1) is 12.0. The normalized spacial score (nSPS) is 12.4. The summed E-state index contributed by atoms with van der Waals surface area (Å²) in [5.74, 6) is 0.980. The number of hydrogen-bond donors (Lipinski definition) is 0. The fourth-order valence-electron chi connectivity index (χ4n) is 2.72. The molecule has 2 heterocycles. The van der Waals surface area contributed by atoms with Gasteiger partial charge in [-0.3, -0.25) is 14.6 Å². The number of benzene rings is 1. The molecule has 0 saturated heterocycles. The number of fused-ring (bicyclic) bond motifs is 1. The van der Waals surface area contributed by atoms with Crippen molar-refractivity contribution in [2.45, 2.75) is 19.4 Å². The highest BCUT2D eigenvalue weighted by Crippen LogP contribution is 2.32. The minimum Gasteiger partial charge on any atom is -0.454 e. The van der Waals surface area contributed by atoms with Crippen LogP contribution in [0, 0.1) is 0 Å². The molecule has 0 atom stereocenters. The molecule has 1 aliphatic rings. The van der Waals surface area contributed by atoms with Crippen LogP contribution in [0.15, 0.2) is 36.5 Å². The molecule has 6 nitrogen and oxygen atoms in total. The molecule has 1 aromatic carbocycles. The molecule has 0 aliphatic carbocycles. The maximum absolute atomic E-state index is 12.5. The maximum Gasteiger partial charge on any atom is 0.231 e. The molecule has 0 amide bonds. The third kappa shape index (κ3) is 4.03. The van der Waals surface area contributed by atoms with Crippen molar-refractivity contribution in [3.63, 3.8) is 0 Å². The van der Waals surface area contributed by atoms with Crippen LogP contribution in [-0.4, -0.2) is 42.3 Å².